The van der Waals surface area contributed by atoms with Crippen molar-refractivity contribution in [2.75, 3.05) is 10.6 Å². The predicted octanol–water partition coefficient (Wildman–Crippen LogP) is 7.43. The molecule has 0 saturated carbocycles. The maximum Gasteiger partial charge on any atom is 0.248 e. The summed E-state index contributed by atoms with van der Waals surface area (Å²) >= 11 is 1.48. The lowest BCUT2D eigenvalue weighted by Crippen LogP contribution is -2.20. The van der Waals surface area contributed by atoms with Gasteiger partial charge in [0, 0.05) is 22.3 Å². The average molecular weight is 493 g/mol. The summed E-state index contributed by atoms with van der Waals surface area (Å²) in [6.07, 6.45) is 3.29. The molecular formula is C31H28N2O2S. The van der Waals surface area contributed by atoms with Crippen molar-refractivity contribution in [3.8, 4) is 0 Å². The number of carbonyl (C=O) groups is 2. The van der Waals surface area contributed by atoms with Gasteiger partial charge in [0.2, 0.25) is 11.8 Å². The van der Waals surface area contributed by atoms with Crippen LogP contribution in [-0.2, 0) is 9.59 Å². The standard InChI is InChI=1S/C31H28N2O2S/c1-22-10-9-11-23(2)29(22)33-31(35)30(25-14-7-4-8-15-25)36-27-19-17-26(18-20-27)32-28(34)21-16-24-12-5-3-6-13-24/h3-21,30H,1-2H3,(H,32,34)(H,33,35)/b21-16+. The van der Waals surface area contributed by atoms with Crippen LogP contribution in [0.4, 0.5) is 11.4 Å². The second-order valence-corrected chi connectivity index (χ2v) is 9.60. The molecule has 0 saturated heterocycles. The Bertz CT molecular complexity index is 1330. The van der Waals surface area contributed by atoms with Crippen LogP contribution in [0.1, 0.15) is 27.5 Å². The lowest BCUT2D eigenvalue weighted by Gasteiger charge is -2.19. The second kappa shape index (κ2) is 12.0. The van der Waals surface area contributed by atoms with E-state index in [0.29, 0.717) is 5.69 Å². The molecular weight excluding hydrogens is 464 g/mol. The monoisotopic (exact) mass is 492 g/mol. The number of thioether (sulfide) groups is 1. The van der Waals surface area contributed by atoms with E-state index in [9.17, 15) is 9.59 Å². The molecule has 36 heavy (non-hydrogen) atoms. The first-order chi connectivity index (χ1) is 17.5. The Labute approximate surface area is 216 Å². The molecule has 5 heteroatoms. The quantitative estimate of drug-likeness (QED) is 0.199. The van der Waals surface area contributed by atoms with Gasteiger partial charge in [0.15, 0.2) is 0 Å². The van der Waals surface area contributed by atoms with Crippen LogP contribution in [0.2, 0.25) is 0 Å². The van der Waals surface area contributed by atoms with Crippen LogP contribution in [-0.4, -0.2) is 11.8 Å². The zero-order valence-corrected chi connectivity index (χ0v) is 21.1. The van der Waals surface area contributed by atoms with Gasteiger partial charge in [0.25, 0.3) is 0 Å². The molecule has 4 aromatic rings. The molecule has 0 heterocycles. The van der Waals surface area contributed by atoms with Gasteiger partial charge in [-0.2, -0.15) is 0 Å². The molecule has 0 aliphatic carbocycles. The van der Waals surface area contributed by atoms with Crippen LogP contribution < -0.4 is 10.6 Å². The molecule has 2 amide bonds. The number of hydrogen-bond donors (Lipinski definition) is 2. The lowest BCUT2D eigenvalue weighted by molar-refractivity contribution is -0.116. The largest absolute Gasteiger partial charge is 0.324 e. The van der Waals surface area contributed by atoms with Gasteiger partial charge in [-0.1, -0.05) is 78.9 Å². The van der Waals surface area contributed by atoms with Crippen LogP contribution in [0.3, 0.4) is 0 Å². The summed E-state index contributed by atoms with van der Waals surface area (Å²) in [5, 5.41) is 5.58. The summed E-state index contributed by atoms with van der Waals surface area (Å²) in [4.78, 5) is 26.7. The number of aryl methyl sites for hydroxylation is 2. The zero-order chi connectivity index (χ0) is 25.3. The Balaban J connectivity index is 1.46. The van der Waals surface area contributed by atoms with Gasteiger partial charge in [-0.3, -0.25) is 9.59 Å². The van der Waals surface area contributed by atoms with Crippen LogP contribution >= 0.6 is 11.8 Å². The van der Waals surface area contributed by atoms with Crippen LogP contribution in [0.15, 0.2) is 114 Å². The van der Waals surface area contributed by atoms with E-state index in [-0.39, 0.29) is 11.8 Å². The van der Waals surface area contributed by atoms with Crippen LogP contribution in [0.5, 0.6) is 0 Å². The van der Waals surface area contributed by atoms with E-state index in [0.717, 1.165) is 32.8 Å². The normalized spacial score (nSPS) is 11.7. The molecule has 4 rings (SSSR count). The van der Waals surface area contributed by atoms with Crippen molar-refractivity contribution < 1.29 is 9.59 Å². The first-order valence-corrected chi connectivity index (χ1v) is 12.6. The molecule has 0 spiro atoms. The number of hydrogen-bond acceptors (Lipinski definition) is 3. The molecule has 0 bridgehead atoms. The van der Waals surface area contributed by atoms with E-state index >= 15 is 0 Å². The molecule has 180 valence electrons. The highest BCUT2D eigenvalue weighted by Gasteiger charge is 2.23. The minimum Gasteiger partial charge on any atom is -0.324 e. The highest BCUT2D eigenvalue weighted by Crippen LogP contribution is 2.37. The topological polar surface area (TPSA) is 58.2 Å². The Morgan fingerprint density at radius 3 is 1.97 bits per heavy atom. The number of benzene rings is 4. The number of carbonyl (C=O) groups excluding carboxylic acids is 2. The first kappa shape index (κ1) is 25.0. The number of nitrogens with one attached hydrogen (secondary N) is 2. The fourth-order valence-electron chi connectivity index (χ4n) is 3.77. The third kappa shape index (κ3) is 6.74. The van der Waals surface area contributed by atoms with Gasteiger partial charge >= 0.3 is 0 Å². The highest BCUT2D eigenvalue weighted by atomic mass is 32.2. The summed E-state index contributed by atoms with van der Waals surface area (Å²) in [5.41, 5.74) is 5.49. The SMILES string of the molecule is Cc1cccc(C)c1NC(=O)C(Sc1ccc(NC(=O)/C=C/c2ccccc2)cc1)c1ccccc1. The van der Waals surface area contributed by atoms with Gasteiger partial charge < -0.3 is 10.6 Å². The Morgan fingerprint density at radius 2 is 1.33 bits per heavy atom. The molecule has 0 radical (unpaired) electrons. The number of rotatable bonds is 8. The molecule has 0 aromatic heterocycles. The molecule has 1 unspecified atom stereocenters. The maximum absolute atomic E-state index is 13.4. The molecule has 1 atom stereocenters. The van der Waals surface area contributed by atoms with Gasteiger partial charge in [-0.05, 0) is 66.4 Å². The predicted molar refractivity (Wildman–Crippen MR) is 150 cm³/mol. The minimum absolute atomic E-state index is 0.0768. The van der Waals surface area contributed by atoms with Crippen molar-refractivity contribution in [1.29, 1.82) is 0 Å². The van der Waals surface area contributed by atoms with E-state index in [2.05, 4.69) is 10.6 Å². The van der Waals surface area contributed by atoms with Crippen molar-refractivity contribution >= 4 is 41.0 Å². The number of amides is 2. The molecule has 4 nitrogen and oxygen atoms in total. The van der Waals surface area contributed by atoms with Crippen LogP contribution in [0.25, 0.3) is 6.08 Å². The molecule has 0 aliphatic heterocycles. The van der Waals surface area contributed by atoms with Gasteiger partial charge in [-0.25, -0.2) is 0 Å². The third-order valence-corrected chi connectivity index (χ3v) is 6.94. The van der Waals surface area contributed by atoms with Crippen molar-refractivity contribution in [3.63, 3.8) is 0 Å². The van der Waals surface area contributed by atoms with E-state index in [1.54, 1.807) is 6.08 Å². The highest BCUT2D eigenvalue weighted by molar-refractivity contribution is 8.00. The molecule has 0 fully saturated rings. The van der Waals surface area contributed by atoms with Crippen molar-refractivity contribution in [2.24, 2.45) is 0 Å². The second-order valence-electron chi connectivity index (χ2n) is 8.42. The fourth-order valence-corrected chi connectivity index (χ4v) is 4.80. The molecule has 2 N–H and O–H groups in total. The Hall–Kier alpha value is -4.09. The summed E-state index contributed by atoms with van der Waals surface area (Å²) in [6, 6.07) is 33.0. The van der Waals surface area contributed by atoms with Crippen molar-refractivity contribution in [3.05, 3.63) is 131 Å². The maximum atomic E-state index is 13.4. The van der Waals surface area contributed by atoms with Crippen molar-refractivity contribution in [1.82, 2.24) is 0 Å². The van der Waals surface area contributed by atoms with E-state index in [1.807, 2.05) is 117 Å². The van der Waals surface area contributed by atoms with E-state index in [4.69, 9.17) is 0 Å². The summed E-state index contributed by atoms with van der Waals surface area (Å²) in [7, 11) is 0. The lowest BCUT2D eigenvalue weighted by atomic mass is 10.1. The van der Waals surface area contributed by atoms with E-state index < -0.39 is 5.25 Å². The zero-order valence-electron chi connectivity index (χ0n) is 20.3. The number of anilines is 2. The average Bonchev–Trinajstić information content (AvgIpc) is 2.90. The smallest absolute Gasteiger partial charge is 0.248 e. The summed E-state index contributed by atoms with van der Waals surface area (Å²) < 4.78 is 0. The van der Waals surface area contributed by atoms with Crippen LogP contribution in [0, 0.1) is 13.8 Å². The molecule has 4 aromatic carbocycles. The van der Waals surface area contributed by atoms with Gasteiger partial charge in [0.1, 0.15) is 5.25 Å². The first-order valence-electron chi connectivity index (χ1n) is 11.7. The third-order valence-electron chi connectivity index (χ3n) is 5.67. The van der Waals surface area contributed by atoms with Crippen molar-refractivity contribution in [2.45, 2.75) is 24.0 Å². The Morgan fingerprint density at radius 1 is 0.722 bits per heavy atom. The minimum atomic E-state index is -0.431. The summed E-state index contributed by atoms with van der Waals surface area (Å²) in [6.45, 7) is 3.99. The van der Waals surface area contributed by atoms with Gasteiger partial charge in [-0.15, -0.1) is 11.8 Å². The van der Waals surface area contributed by atoms with Gasteiger partial charge in [0.05, 0.1) is 0 Å². The summed E-state index contributed by atoms with van der Waals surface area (Å²) in [5.74, 6) is -0.276. The van der Waals surface area contributed by atoms with E-state index in [1.165, 1.54) is 17.8 Å². The fraction of sp³-hybridized carbons (Fsp3) is 0.0968. The molecule has 0 aliphatic rings. The number of para-hydroxylation sites is 1. The Kier molecular flexibility index (Phi) is 8.37.